The molecule has 5 nitrogen and oxygen atoms in total. The number of H-pyrrole nitrogens is 1. The number of nitrogens with zero attached hydrogens (tertiary/aromatic N) is 2. The lowest BCUT2D eigenvalue weighted by Gasteiger charge is -2.40. The molecule has 2 aliphatic rings. The van der Waals surface area contributed by atoms with Crippen LogP contribution in [-0.2, 0) is 28.8 Å². The van der Waals surface area contributed by atoms with Gasteiger partial charge in [-0.25, -0.2) is 9.37 Å². The SMILES string of the molecule is CC(C)c1cc(F)cc2c1C[C@](CCN(C)CCCc1nc3ccccc3[nH]1)(OC(=O)C1CC1)CC2.[Cl-].[Cl-]. The number of aromatic nitrogens is 2. The maximum absolute atomic E-state index is 14.3. The van der Waals surface area contributed by atoms with Crippen LogP contribution in [0.15, 0.2) is 36.4 Å². The van der Waals surface area contributed by atoms with Gasteiger partial charge in [0, 0.05) is 25.8 Å². The molecule has 0 radical (unpaired) electrons. The van der Waals surface area contributed by atoms with Gasteiger partial charge in [-0.2, -0.15) is 0 Å². The second-order valence-electron chi connectivity index (χ2n) is 11.2. The van der Waals surface area contributed by atoms with E-state index in [1.165, 1.54) is 5.56 Å². The molecule has 0 spiro atoms. The smallest absolute Gasteiger partial charge is 0.309 e. The number of hydrogen-bond acceptors (Lipinski definition) is 4. The van der Waals surface area contributed by atoms with Crippen molar-refractivity contribution >= 4 is 17.0 Å². The molecule has 208 valence electrons. The van der Waals surface area contributed by atoms with E-state index in [1.54, 1.807) is 12.1 Å². The molecule has 5 rings (SSSR count). The molecule has 38 heavy (non-hydrogen) atoms. The molecule has 1 atom stereocenters. The number of halogens is 3. The number of carbonyl (C=O) groups excluding carboxylic acids is 1. The Hall–Kier alpha value is -2.15. The number of hydrogen-bond donors (Lipinski definition) is 1. The third-order valence-electron chi connectivity index (χ3n) is 7.88. The van der Waals surface area contributed by atoms with Crippen LogP contribution in [0.5, 0.6) is 0 Å². The van der Waals surface area contributed by atoms with Crippen LogP contribution in [0.3, 0.4) is 0 Å². The van der Waals surface area contributed by atoms with Crippen LogP contribution in [0.2, 0.25) is 0 Å². The Balaban J connectivity index is 0.00000200. The molecule has 1 heterocycles. The van der Waals surface area contributed by atoms with Gasteiger partial charge >= 0.3 is 5.97 Å². The number of esters is 1. The maximum Gasteiger partial charge on any atom is 0.309 e. The Morgan fingerprint density at radius 2 is 1.97 bits per heavy atom. The second-order valence-corrected chi connectivity index (χ2v) is 11.2. The van der Waals surface area contributed by atoms with Crippen LogP contribution < -0.4 is 24.8 Å². The fourth-order valence-corrected chi connectivity index (χ4v) is 5.56. The summed E-state index contributed by atoms with van der Waals surface area (Å²) in [5, 5.41) is 0. The highest BCUT2D eigenvalue weighted by Gasteiger charge is 2.42. The highest BCUT2D eigenvalue weighted by atomic mass is 35.5. The topological polar surface area (TPSA) is 58.2 Å². The first kappa shape index (κ1) is 30.4. The molecule has 1 aromatic heterocycles. The first-order chi connectivity index (χ1) is 17.3. The van der Waals surface area contributed by atoms with Crippen molar-refractivity contribution < 1.29 is 38.7 Å². The molecule has 0 amide bonds. The minimum atomic E-state index is -0.513. The van der Waals surface area contributed by atoms with Gasteiger partial charge in [0.25, 0.3) is 0 Å². The summed E-state index contributed by atoms with van der Waals surface area (Å²) in [5.41, 5.74) is 4.90. The molecule has 3 aromatic rings. The summed E-state index contributed by atoms with van der Waals surface area (Å²) in [6.07, 6.45) is 6.77. The molecule has 0 bridgehead atoms. The number of imidazole rings is 1. The average Bonchev–Trinajstić information content (AvgIpc) is 3.62. The number of carbonyl (C=O) groups is 1. The van der Waals surface area contributed by atoms with Gasteiger partial charge < -0.3 is 39.4 Å². The number of rotatable bonds is 10. The summed E-state index contributed by atoms with van der Waals surface area (Å²) in [7, 11) is 2.14. The summed E-state index contributed by atoms with van der Waals surface area (Å²) in [6, 6.07) is 11.5. The number of benzene rings is 2. The number of aryl methyl sites for hydroxylation is 2. The predicted molar refractivity (Wildman–Crippen MR) is 141 cm³/mol. The molecule has 0 unspecified atom stereocenters. The normalized spacial score (nSPS) is 18.7. The van der Waals surface area contributed by atoms with Crippen molar-refractivity contribution in [2.75, 3.05) is 20.1 Å². The number of nitrogens with one attached hydrogen (secondary N) is 1. The first-order valence-corrected chi connectivity index (χ1v) is 13.5. The van der Waals surface area contributed by atoms with Crippen molar-refractivity contribution in [3.05, 3.63) is 64.7 Å². The summed E-state index contributed by atoms with van der Waals surface area (Å²) >= 11 is 0. The third-order valence-corrected chi connectivity index (χ3v) is 7.88. The van der Waals surface area contributed by atoms with Crippen LogP contribution in [-0.4, -0.2) is 46.6 Å². The lowest BCUT2D eigenvalue weighted by Crippen LogP contribution is -3.00. The highest BCUT2D eigenvalue weighted by Crippen LogP contribution is 2.41. The average molecular weight is 563 g/mol. The highest BCUT2D eigenvalue weighted by molar-refractivity contribution is 5.75. The van der Waals surface area contributed by atoms with E-state index in [9.17, 15) is 9.18 Å². The van der Waals surface area contributed by atoms with Gasteiger partial charge in [0.15, 0.2) is 0 Å². The van der Waals surface area contributed by atoms with Crippen molar-refractivity contribution in [3.63, 3.8) is 0 Å². The molecule has 0 aliphatic heterocycles. The first-order valence-electron chi connectivity index (χ1n) is 13.5. The quantitative estimate of drug-likeness (QED) is 0.353. The molecule has 1 fully saturated rings. The molecular formula is C30H38Cl2FN3O2-2. The van der Waals surface area contributed by atoms with E-state index in [0.29, 0.717) is 6.42 Å². The fourth-order valence-electron chi connectivity index (χ4n) is 5.56. The van der Waals surface area contributed by atoms with Gasteiger partial charge in [0.2, 0.25) is 0 Å². The fraction of sp³-hybridized carbons (Fsp3) is 0.533. The van der Waals surface area contributed by atoms with Gasteiger partial charge in [0.1, 0.15) is 17.2 Å². The van der Waals surface area contributed by atoms with E-state index in [-0.39, 0.29) is 48.4 Å². The van der Waals surface area contributed by atoms with Crippen molar-refractivity contribution in [2.24, 2.45) is 5.92 Å². The monoisotopic (exact) mass is 561 g/mol. The van der Waals surface area contributed by atoms with E-state index in [2.05, 4.69) is 41.8 Å². The predicted octanol–water partition coefficient (Wildman–Crippen LogP) is -0.0312. The van der Waals surface area contributed by atoms with Gasteiger partial charge in [0.05, 0.1) is 17.0 Å². The van der Waals surface area contributed by atoms with Crippen molar-refractivity contribution in [1.29, 1.82) is 0 Å². The van der Waals surface area contributed by atoms with E-state index in [0.717, 1.165) is 86.0 Å². The van der Waals surface area contributed by atoms with Gasteiger partial charge in [-0.1, -0.05) is 26.0 Å². The zero-order chi connectivity index (χ0) is 25.3. The Morgan fingerprint density at radius 1 is 1.21 bits per heavy atom. The van der Waals surface area contributed by atoms with Gasteiger partial charge in [-0.05, 0) is 92.6 Å². The largest absolute Gasteiger partial charge is 1.00 e. The van der Waals surface area contributed by atoms with Crippen molar-refractivity contribution in [1.82, 2.24) is 14.9 Å². The summed E-state index contributed by atoms with van der Waals surface area (Å²) in [5.74, 6) is 1.12. The molecular weight excluding hydrogens is 524 g/mol. The molecule has 8 heteroatoms. The Morgan fingerprint density at radius 3 is 2.68 bits per heavy atom. The Labute approximate surface area is 237 Å². The number of ether oxygens (including phenoxy) is 1. The number of fused-ring (bicyclic) bond motifs is 2. The van der Waals surface area contributed by atoms with E-state index < -0.39 is 5.60 Å². The molecule has 2 aliphatic carbocycles. The summed E-state index contributed by atoms with van der Waals surface area (Å²) in [4.78, 5) is 23.2. The number of aromatic amines is 1. The van der Waals surface area contributed by atoms with Gasteiger partial charge in [-0.3, -0.25) is 4.79 Å². The summed E-state index contributed by atoms with van der Waals surface area (Å²) < 4.78 is 20.6. The molecule has 2 aromatic carbocycles. The van der Waals surface area contributed by atoms with Crippen molar-refractivity contribution in [2.45, 2.75) is 76.7 Å². The van der Waals surface area contributed by atoms with Crippen LogP contribution in [0.1, 0.15) is 74.4 Å². The van der Waals surface area contributed by atoms with E-state index >= 15 is 0 Å². The van der Waals surface area contributed by atoms with E-state index in [4.69, 9.17) is 4.74 Å². The Kier molecular flexibility index (Phi) is 10.2. The zero-order valence-corrected chi connectivity index (χ0v) is 24.0. The lowest BCUT2D eigenvalue weighted by molar-refractivity contribution is -0.164. The minimum absolute atomic E-state index is 0. The lowest BCUT2D eigenvalue weighted by atomic mass is 9.75. The molecule has 1 saturated carbocycles. The molecule has 1 N–H and O–H groups in total. The standard InChI is InChI=1S/C30H38FN3O2.2ClH/c1-20(2)24-18-23(31)17-22-12-13-30(19-25(22)24,36-29(35)21-10-11-21)14-16-34(3)15-6-9-28-32-26-7-4-5-8-27(26)33-28;;/h4-5,7-8,17-18,20-21H,6,9-16,19H2,1-3H3,(H,32,33);2*1H/p-2/t30-;;/m0../s1. The van der Waals surface area contributed by atoms with Crippen LogP contribution in [0, 0.1) is 11.7 Å². The number of para-hydroxylation sites is 2. The second kappa shape index (κ2) is 12.8. The van der Waals surface area contributed by atoms with Crippen molar-refractivity contribution in [3.8, 4) is 0 Å². The summed E-state index contributed by atoms with van der Waals surface area (Å²) in [6.45, 7) is 6.02. The van der Waals surface area contributed by atoms with E-state index in [1.807, 2.05) is 18.2 Å². The zero-order valence-electron chi connectivity index (χ0n) is 22.5. The Bertz CT molecular complexity index is 1210. The van der Waals surface area contributed by atoms with Gasteiger partial charge in [-0.15, -0.1) is 0 Å². The third kappa shape index (κ3) is 7.08. The van der Waals surface area contributed by atoms with Crippen LogP contribution >= 0.6 is 0 Å². The maximum atomic E-state index is 14.3. The minimum Gasteiger partial charge on any atom is -1.00 e. The molecule has 0 saturated heterocycles. The van der Waals surface area contributed by atoms with Crippen LogP contribution in [0.25, 0.3) is 11.0 Å². The van der Waals surface area contributed by atoms with Crippen LogP contribution in [0.4, 0.5) is 4.39 Å².